The zero-order valence-electron chi connectivity index (χ0n) is 10.9. The first-order chi connectivity index (χ1) is 7.10. The molecule has 0 saturated heterocycles. The Hall–Kier alpha value is 0.440. The normalized spacial score (nSPS) is 17.4. The van der Waals surface area contributed by atoms with E-state index in [1.807, 2.05) is 0 Å². The molecule has 2 heteroatoms. The molecule has 0 heterocycles. The first-order valence-electron chi connectivity index (χ1n) is 6.47. The Morgan fingerprint density at radius 2 is 1.87 bits per heavy atom. The molecule has 3 atom stereocenters. The number of halogens is 1. The van der Waals surface area contributed by atoms with Gasteiger partial charge >= 0.3 is 0 Å². The molecule has 0 bridgehead atoms. The second kappa shape index (κ2) is 9.65. The number of nitrogens with one attached hydrogen (secondary N) is 1. The van der Waals surface area contributed by atoms with Crippen molar-refractivity contribution in [3.05, 3.63) is 0 Å². The van der Waals surface area contributed by atoms with E-state index in [4.69, 9.17) is 0 Å². The van der Waals surface area contributed by atoms with Gasteiger partial charge in [-0.05, 0) is 32.2 Å². The van der Waals surface area contributed by atoms with Gasteiger partial charge in [0.15, 0.2) is 0 Å². The summed E-state index contributed by atoms with van der Waals surface area (Å²) in [5, 5.41) is 3.64. The number of alkyl halides is 1. The lowest BCUT2D eigenvalue weighted by molar-refractivity contribution is 0.388. The van der Waals surface area contributed by atoms with Gasteiger partial charge in [0, 0.05) is 10.9 Å². The van der Waals surface area contributed by atoms with Gasteiger partial charge in [-0.1, -0.05) is 56.0 Å². The zero-order valence-corrected chi connectivity index (χ0v) is 12.4. The van der Waals surface area contributed by atoms with Crippen LogP contribution >= 0.6 is 15.9 Å². The van der Waals surface area contributed by atoms with Crippen LogP contribution in [-0.4, -0.2) is 17.4 Å². The van der Waals surface area contributed by atoms with Crippen molar-refractivity contribution in [2.45, 2.75) is 70.7 Å². The maximum absolute atomic E-state index is 3.64. The van der Waals surface area contributed by atoms with E-state index in [1.54, 1.807) is 0 Å². The molecule has 0 aliphatic heterocycles. The molecule has 0 aliphatic carbocycles. The Balaban J connectivity index is 3.60. The van der Waals surface area contributed by atoms with E-state index < -0.39 is 0 Å². The standard InChI is InChI=1S/C13H28BrN/c1-5-7-8-13(6-2)10-15-12(4)9-11(3)14/h11-13,15H,5-10H2,1-4H3. The molecule has 1 N–H and O–H groups in total. The molecule has 0 radical (unpaired) electrons. The highest BCUT2D eigenvalue weighted by Gasteiger charge is 2.09. The van der Waals surface area contributed by atoms with Crippen LogP contribution in [0.5, 0.6) is 0 Å². The summed E-state index contributed by atoms with van der Waals surface area (Å²) in [7, 11) is 0. The molecule has 0 aliphatic rings. The van der Waals surface area contributed by atoms with E-state index in [-0.39, 0.29) is 0 Å². The molecule has 3 unspecified atom stereocenters. The highest BCUT2D eigenvalue weighted by atomic mass is 79.9. The zero-order chi connectivity index (χ0) is 11.7. The van der Waals surface area contributed by atoms with E-state index >= 15 is 0 Å². The van der Waals surface area contributed by atoms with Crippen molar-refractivity contribution >= 4 is 15.9 Å². The average Bonchev–Trinajstić information content (AvgIpc) is 2.17. The van der Waals surface area contributed by atoms with Crippen molar-refractivity contribution < 1.29 is 0 Å². The second-order valence-electron chi connectivity index (χ2n) is 4.74. The highest BCUT2D eigenvalue weighted by molar-refractivity contribution is 9.09. The Bertz CT molecular complexity index is 136. The lowest BCUT2D eigenvalue weighted by Gasteiger charge is -2.20. The van der Waals surface area contributed by atoms with Crippen molar-refractivity contribution in [1.29, 1.82) is 0 Å². The summed E-state index contributed by atoms with van der Waals surface area (Å²) >= 11 is 3.60. The van der Waals surface area contributed by atoms with Crippen molar-refractivity contribution in [2.75, 3.05) is 6.54 Å². The summed E-state index contributed by atoms with van der Waals surface area (Å²) in [6, 6.07) is 0.634. The molecule has 0 aromatic heterocycles. The molecule has 0 saturated carbocycles. The molecule has 92 valence electrons. The van der Waals surface area contributed by atoms with E-state index in [0.29, 0.717) is 10.9 Å². The van der Waals surface area contributed by atoms with Gasteiger partial charge in [-0.2, -0.15) is 0 Å². The smallest absolute Gasteiger partial charge is 0.0132 e. The second-order valence-corrected chi connectivity index (χ2v) is 6.31. The SMILES string of the molecule is CCCCC(CC)CNC(C)CC(C)Br. The van der Waals surface area contributed by atoms with Gasteiger partial charge in [-0.25, -0.2) is 0 Å². The fourth-order valence-corrected chi connectivity index (χ4v) is 2.44. The molecule has 0 aromatic carbocycles. The lowest BCUT2D eigenvalue weighted by Crippen LogP contribution is -2.32. The van der Waals surface area contributed by atoms with Crippen LogP contribution < -0.4 is 5.32 Å². The Morgan fingerprint density at radius 1 is 1.20 bits per heavy atom. The van der Waals surface area contributed by atoms with Crippen molar-refractivity contribution in [3.63, 3.8) is 0 Å². The Labute approximate surface area is 105 Å². The molecular weight excluding hydrogens is 250 g/mol. The largest absolute Gasteiger partial charge is 0.314 e. The summed E-state index contributed by atoms with van der Waals surface area (Å²) in [6.45, 7) is 10.3. The average molecular weight is 278 g/mol. The van der Waals surface area contributed by atoms with Gasteiger partial charge in [-0.15, -0.1) is 0 Å². The fraction of sp³-hybridized carbons (Fsp3) is 1.00. The predicted molar refractivity (Wildman–Crippen MR) is 73.8 cm³/mol. The number of unbranched alkanes of at least 4 members (excludes halogenated alkanes) is 1. The summed E-state index contributed by atoms with van der Waals surface area (Å²) in [5.74, 6) is 0.873. The van der Waals surface area contributed by atoms with Gasteiger partial charge in [0.2, 0.25) is 0 Å². The van der Waals surface area contributed by atoms with E-state index in [2.05, 4.69) is 48.9 Å². The van der Waals surface area contributed by atoms with Crippen LogP contribution in [0.25, 0.3) is 0 Å². The van der Waals surface area contributed by atoms with E-state index in [9.17, 15) is 0 Å². The van der Waals surface area contributed by atoms with Gasteiger partial charge in [0.05, 0.1) is 0 Å². The Morgan fingerprint density at radius 3 is 2.33 bits per heavy atom. The highest BCUT2D eigenvalue weighted by Crippen LogP contribution is 2.12. The monoisotopic (exact) mass is 277 g/mol. The minimum Gasteiger partial charge on any atom is -0.314 e. The minimum absolute atomic E-state index is 0.621. The van der Waals surface area contributed by atoms with Crippen LogP contribution in [0.3, 0.4) is 0 Å². The fourth-order valence-electron chi connectivity index (χ4n) is 1.88. The maximum Gasteiger partial charge on any atom is 0.0132 e. The molecule has 0 fully saturated rings. The van der Waals surface area contributed by atoms with Crippen LogP contribution in [-0.2, 0) is 0 Å². The van der Waals surface area contributed by atoms with Crippen molar-refractivity contribution in [3.8, 4) is 0 Å². The predicted octanol–water partition coefficient (Wildman–Crippen LogP) is 4.35. The molecule has 1 nitrogen and oxygen atoms in total. The van der Waals surface area contributed by atoms with E-state index in [0.717, 1.165) is 5.92 Å². The van der Waals surface area contributed by atoms with Crippen LogP contribution in [0.15, 0.2) is 0 Å². The van der Waals surface area contributed by atoms with Gasteiger partial charge < -0.3 is 5.32 Å². The summed E-state index contributed by atoms with van der Waals surface area (Å²) in [5.41, 5.74) is 0. The molecule has 0 rings (SSSR count). The van der Waals surface area contributed by atoms with Crippen LogP contribution in [0, 0.1) is 5.92 Å². The van der Waals surface area contributed by atoms with Crippen LogP contribution in [0.1, 0.15) is 59.8 Å². The summed E-state index contributed by atoms with van der Waals surface area (Å²) < 4.78 is 0. The van der Waals surface area contributed by atoms with Crippen LogP contribution in [0.4, 0.5) is 0 Å². The Kier molecular flexibility index (Phi) is 9.93. The number of hydrogen-bond acceptors (Lipinski definition) is 1. The van der Waals surface area contributed by atoms with E-state index in [1.165, 1.54) is 38.6 Å². The molecule has 0 aromatic rings. The molecular formula is C13H28BrN. The molecule has 0 spiro atoms. The maximum atomic E-state index is 3.64. The van der Waals surface area contributed by atoms with Crippen LogP contribution in [0.2, 0.25) is 0 Å². The summed E-state index contributed by atoms with van der Waals surface area (Å²) in [4.78, 5) is 0.621. The van der Waals surface area contributed by atoms with Gasteiger partial charge in [-0.3, -0.25) is 0 Å². The van der Waals surface area contributed by atoms with Crippen molar-refractivity contribution in [2.24, 2.45) is 5.92 Å². The van der Waals surface area contributed by atoms with Gasteiger partial charge in [0.25, 0.3) is 0 Å². The third-order valence-electron chi connectivity index (χ3n) is 2.98. The number of hydrogen-bond donors (Lipinski definition) is 1. The molecule has 0 amide bonds. The lowest BCUT2D eigenvalue weighted by atomic mass is 9.99. The van der Waals surface area contributed by atoms with Crippen molar-refractivity contribution in [1.82, 2.24) is 5.32 Å². The first-order valence-corrected chi connectivity index (χ1v) is 7.39. The molecule has 15 heavy (non-hydrogen) atoms. The third-order valence-corrected chi connectivity index (χ3v) is 3.35. The quantitative estimate of drug-likeness (QED) is 0.618. The topological polar surface area (TPSA) is 12.0 Å². The third kappa shape index (κ3) is 9.37. The summed E-state index contributed by atoms with van der Waals surface area (Å²) in [6.07, 6.45) is 6.61. The van der Waals surface area contributed by atoms with Gasteiger partial charge in [0.1, 0.15) is 0 Å². The number of rotatable bonds is 9. The first kappa shape index (κ1) is 15.4. The minimum atomic E-state index is 0.621.